The van der Waals surface area contributed by atoms with Crippen LogP contribution in [0.2, 0.25) is 0 Å². The van der Waals surface area contributed by atoms with Gasteiger partial charge in [0.25, 0.3) is 5.91 Å². The number of carbonyl (C=O) groups is 3. The van der Waals surface area contributed by atoms with Crippen molar-refractivity contribution >= 4 is 45.9 Å². The highest BCUT2D eigenvalue weighted by molar-refractivity contribution is 8.02. The van der Waals surface area contributed by atoms with Crippen LogP contribution in [0.1, 0.15) is 45.4 Å². The van der Waals surface area contributed by atoms with Crippen LogP contribution in [-0.2, 0) is 14.4 Å². The molecule has 3 heterocycles. The maximum absolute atomic E-state index is 14.8. The Morgan fingerprint density at radius 2 is 1.83 bits per heavy atom. The number of aliphatic hydroxyl groups excluding tert-OH is 1. The highest BCUT2D eigenvalue weighted by Gasteiger charge is 2.74. The zero-order valence-corrected chi connectivity index (χ0v) is 25.4. The second kappa shape index (κ2) is 13.0. The number of fused-ring (bicyclic) bond motifs is 2. The molecule has 42 heavy (non-hydrogen) atoms. The van der Waals surface area contributed by atoms with Gasteiger partial charge < -0.3 is 19.8 Å². The van der Waals surface area contributed by atoms with Crippen LogP contribution in [-0.4, -0.2) is 81.5 Å². The zero-order valence-electron chi connectivity index (χ0n) is 24.6. The average molecular weight is 590 g/mol. The molecular formula is C34H43N3O4S. The van der Waals surface area contributed by atoms with Crippen molar-refractivity contribution in [3.8, 4) is 0 Å². The zero-order chi connectivity index (χ0) is 29.9. The van der Waals surface area contributed by atoms with E-state index in [1.807, 2.05) is 54.3 Å². The van der Waals surface area contributed by atoms with E-state index in [-0.39, 0.29) is 29.6 Å². The largest absolute Gasteiger partial charge is 0.396 e. The molecule has 2 bridgehead atoms. The van der Waals surface area contributed by atoms with Gasteiger partial charge in [0.2, 0.25) is 11.8 Å². The van der Waals surface area contributed by atoms with Crippen molar-refractivity contribution < 1.29 is 19.5 Å². The number of carbonyl (C=O) groups excluding carboxylic acids is 3. The number of anilines is 1. The monoisotopic (exact) mass is 589 g/mol. The van der Waals surface area contributed by atoms with Crippen LogP contribution in [0.15, 0.2) is 67.8 Å². The van der Waals surface area contributed by atoms with E-state index in [4.69, 9.17) is 0 Å². The first-order valence-corrected chi connectivity index (χ1v) is 16.2. The fourth-order valence-electron chi connectivity index (χ4n) is 7.40. The SMILES string of the molecule is C=CCN(CCC)C(=O)[C@@H]1[C@@H]2CCC3(S2)C(C(=O)N(CC=C)c2ccc4ccccc4c2)N(CCCCCO)C(=O)[C@H]13. The molecule has 2 unspecified atom stereocenters. The van der Waals surface area contributed by atoms with Gasteiger partial charge in [-0.25, -0.2) is 0 Å². The summed E-state index contributed by atoms with van der Waals surface area (Å²) in [5.41, 5.74) is 0.774. The van der Waals surface area contributed by atoms with Gasteiger partial charge in [0.1, 0.15) is 6.04 Å². The topological polar surface area (TPSA) is 81.2 Å². The van der Waals surface area contributed by atoms with Gasteiger partial charge >= 0.3 is 0 Å². The Bertz CT molecular complexity index is 1350. The lowest BCUT2D eigenvalue weighted by atomic mass is 9.70. The second-order valence-electron chi connectivity index (χ2n) is 11.7. The number of aliphatic hydroxyl groups is 1. The van der Waals surface area contributed by atoms with Gasteiger partial charge in [0.05, 0.1) is 16.6 Å². The molecule has 3 aliphatic rings. The Morgan fingerprint density at radius 3 is 2.55 bits per heavy atom. The third kappa shape index (κ3) is 5.28. The maximum Gasteiger partial charge on any atom is 0.251 e. The van der Waals surface area contributed by atoms with Gasteiger partial charge in [-0.2, -0.15) is 0 Å². The Hall–Kier alpha value is -3.10. The number of thioether (sulfide) groups is 1. The standard InChI is InChI=1S/C34H43N3O4S/c1-4-18-35(19-5-2)31(39)28-27-16-17-34(42-27)29(28)32(40)37(21-10-7-11-22-38)30(34)33(41)36(20-6-3)26-15-14-24-12-8-9-13-25(24)23-26/h4,6,8-9,12-15,23,27-30,38H,1,3,5,7,10-11,16-22H2,2H3/t27-,28+,29-,30?,34?/m0/s1. The fourth-order valence-corrected chi connectivity index (χ4v) is 9.60. The molecule has 224 valence electrons. The predicted octanol–water partition coefficient (Wildman–Crippen LogP) is 5.04. The summed E-state index contributed by atoms with van der Waals surface area (Å²) in [6.07, 6.45) is 7.97. The third-order valence-corrected chi connectivity index (χ3v) is 11.1. The molecule has 3 saturated heterocycles. The van der Waals surface area contributed by atoms with E-state index in [0.717, 1.165) is 42.1 Å². The Balaban J connectivity index is 1.53. The smallest absolute Gasteiger partial charge is 0.251 e. The minimum Gasteiger partial charge on any atom is -0.396 e. The molecule has 5 atom stereocenters. The van der Waals surface area contributed by atoms with Gasteiger partial charge in [-0.15, -0.1) is 24.9 Å². The summed E-state index contributed by atoms with van der Waals surface area (Å²) in [6, 6.07) is 13.4. The quantitative estimate of drug-likeness (QED) is 0.247. The van der Waals surface area contributed by atoms with Gasteiger partial charge in [0, 0.05) is 43.7 Å². The van der Waals surface area contributed by atoms with Crippen molar-refractivity contribution in [2.75, 3.05) is 37.7 Å². The lowest BCUT2D eigenvalue weighted by Gasteiger charge is -2.37. The molecule has 0 saturated carbocycles. The molecule has 0 aliphatic carbocycles. The molecule has 3 aliphatic heterocycles. The number of unbranched alkanes of at least 4 members (excludes halogenated alkanes) is 2. The number of likely N-dealkylation sites (tertiary alicyclic amines) is 1. The summed E-state index contributed by atoms with van der Waals surface area (Å²) < 4.78 is -0.640. The van der Waals surface area contributed by atoms with E-state index >= 15 is 0 Å². The lowest BCUT2D eigenvalue weighted by molar-refractivity contribution is -0.143. The third-order valence-electron chi connectivity index (χ3n) is 9.15. The van der Waals surface area contributed by atoms with Crippen molar-refractivity contribution in [2.24, 2.45) is 11.8 Å². The van der Waals surface area contributed by atoms with Crippen molar-refractivity contribution in [2.45, 2.75) is 61.5 Å². The van der Waals surface area contributed by atoms with E-state index in [1.165, 1.54) is 0 Å². The first-order chi connectivity index (χ1) is 20.4. The van der Waals surface area contributed by atoms with Crippen LogP contribution >= 0.6 is 11.8 Å². The highest BCUT2D eigenvalue weighted by Crippen LogP contribution is 2.66. The number of hydrogen-bond donors (Lipinski definition) is 1. The van der Waals surface area contributed by atoms with Gasteiger partial charge in [0.15, 0.2) is 0 Å². The molecule has 1 spiro atoms. The van der Waals surface area contributed by atoms with E-state index in [2.05, 4.69) is 13.2 Å². The normalized spacial score (nSPS) is 26.0. The molecule has 2 aromatic carbocycles. The van der Waals surface area contributed by atoms with Crippen molar-refractivity contribution in [1.29, 1.82) is 0 Å². The van der Waals surface area contributed by atoms with E-state index in [9.17, 15) is 19.5 Å². The Kier molecular flexibility index (Phi) is 9.43. The molecule has 3 fully saturated rings. The number of benzene rings is 2. The highest BCUT2D eigenvalue weighted by atomic mass is 32.2. The molecule has 8 heteroatoms. The first kappa shape index (κ1) is 30.4. The van der Waals surface area contributed by atoms with E-state index in [1.54, 1.807) is 33.7 Å². The molecule has 2 aromatic rings. The van der Waals surface area contributed by atoms with Gasteiger partial charge in [-0.1, -0.05) is 49.4 Å². The first-order valence-electron chi connectivity index (χ1n) is 15.3. The Morgan fingerprint density at radius 1 is 1.07 bits per heavy atom. The van der Waals surface area contributed by atoms with Crippen LogP contribution < -0.4 is 4.90 Å². The van der Waals surface area contributed by atoms with Crippen LogP contribution in [0, 0.1) is 11.8 Å². The summed E-state index contributed by atoms with van der Waals surface area (Å²) >= 11 is 1.71. The second-order valence-corrected chi connectivity index (χ2v) is 13.3. The number of rotatable bonds is 14. The number of amides is 3. The van der Waals surface area contributed by atoms with E-state index < -0.39 is 22.6 Å². The summed E-state index contributed by atoms with van der Waals surface area (Å²) in [5, 5.41) is 11.5. The van der Waals surface area contributed by atoms with Gasteiger partial charge in [-0.3, -0.25) is 14.4 Å². The molecular weight excluding hydrogens is 546 g/mol. The van der Waals surface area contributed by atoms with Crippen LogP contribution in [0.25, 0.3) is 10.8 Å². The minimum absolute atomic E-state index is 0.0139. The van der Waals surface area contributed by atoms with Crippen LogP contribution in [0.5, 0.6) is 0 Å². The Labute approximate surface area is 253 Å². The molecule has 3 amide bonds. The minimum atomic E-state index is -0.664. The average Bonchev–Trinajstić information content (AvgIpc) is 3.64. The summed E-state index contributed by atoms with van der Waals surface area (Å²) in [5.74, 6) is -1.13. The summed E-state index contributed by atoms with van der Waals surface area (Å²) in [4.78, 5) is 48.6. The van der Waals surface area contributed by atoms with Crippen molar-refractivity contribution in [3.63, 3.8) is 0 Å². The van der Waals surface area contributed by atoms with Gasteiger partial charge in [-0.05, 0) is 61.4 Å². The van der Waals surface area contributed by atoms with Crippen molar-refractivity contribution in [1.82, 2.24) is 9.80 Å². The van der Waals surface area contributed by atoms with Crippen molar-refractivity contribution in [3.05, 3.63) is 67.8 Å². The molecule has 0 aromatic heterocycles. The lowest BCUT2D eigenvalue weighted by Crippen LogP contribution is -2.55. The fraction of sp³-hybridized carbons (Fsp3) is 0.500. The molecule has 7 nitrogen and oxygen atoms in total. The van der Waals surface area contributed by atoms with E-state index in [0.29, 0.717) is 39.0 Å². The summed E-state index contributed by atoms with van der Waals surface area (Å²) in [6.45, 7) is 11.8. The molecule has 5 rings (SSSR count). The molecule has 0 radical (unpaired) electrons. The predicted molar refractivity (Wildman–Crippen MR) is 170 cm³/mol. The summed E-state index contributed by atoms with van der Waals surface area (Å²) in [7, 11) is 0. The maximum atomic E-state index is 14.8. The number of nitrogens with zero attached hydrogens (tertiary/aromatic N) is 3. The molecule has 1 N–H and O–H groups in total. The van der Waals surface area contributed by atoms with Crippen LogP contribution in [0.3, 0.4) is 0 Å². The number of hydrogen-bond acceptors (Lipinski definition) is 5. The van der Waals surface area contributed by atoms with Crippen LogP contribution in [0.4, 0.5) is 5.69 Å².